The van der Waals surface area contributed by atoms with Crippen molar-refractivity contribution in [1.29, 1.82) is 5.41 Å². The number of nitrogen functional groups attached to an aromatic ring is 1. The molecule has 0 saturated carbocycles. The summed E-state index contributed by atoms with van der Waals surface area (Å²) in [6.45, 7) is 0. The number of aromatic nitrogens is 1. The van der Waals surface area contributed by atoms with E-state index in [0.717, 1.165) is 0 Å². The topological polar surface area (TPSA) is 102 Å². The third-order valence-corrected chi connectivity index (χ3v) is 1.31. The number of hydrogen-bond acceptors (Lipinski definition) is 4. The van der Waals surface area contributed by atoms with E-state index in [4.69, 9.17) is 32.9 Å². The molecule has 0 aliphatic heterocycles. The van der Waals surface area contributed by atoms with Gasteiger partial charge in [-0.05, 0) is 0 Å². The van der Waals surface area contributed by atoms with Gasteiger partial charge in [-0.3, -0.25) is 5.41 Å². The summed E-state index contributed by atoms with van der Waals surface area (Å²) in [6, 6.07) is -0.00810. The van der Waals surface area contributed by atoms with E-state index in [1.807, 2.05) is 0 Å². The van der Waals surface area contributed by atoms with Gasteiger partial charge in [0.2, 0.25) is 0 Å². The van der Waals surface area contributed by atoms with Crippen molar-refractivity contribution in [3.05, 3.63) is 10.9 Å². The number of nitrogens with two attached hydrogens (primary N) is 2. The van der Waals surface area contributed by atoms with Crippen LogP contribution in [0.4, 0.5) is 6.01 Å². The molecular formula is C5H7ClN4O. The van der Waals surface area contributed by atoms with Crippen LogP contribution in [0.15, 0.2) is 4.42 Å². The minimum atomic E-state index is -0.0388. The van der Waals surface area contributed by atoms with Gasteiger partial charge in [0.25, 0.3) is 6.01 Å². The first-order valence-corrected chi connectivity index (χ1v) is 3.21. The third-order valence-electron chi connectivity index (χ3n) is 1.02. The molecule has 0 unspecified atom stereocenters. The van der Waals surface area contributed by atoms with Crippen molar-refractivity contribution in [2.75, 3.05) is 5.73 Å². The molecule has 1 aromatic heterocycles. The second-order valence-electron chi connectivity index (χ2n) is 1.97. The summed E-state index contributed by atoms with van der Waals surface area (Å²) >= 11 is 5.55. The number of hydrogen-bond donors (Lipinski definition) is 3. The van der Waals surface area contributed by atoms with Crippen LogP contribution in [0.1, 0.15) is 5.76 Å². The maximum atomic E-state index is 6.93. The van der Waals surface area contributed by atoms with Gasteiger partial charge in [-0.25, -0.2) is 0 Å². The molecule has 0 amide bonds. The Morgan fingerprint density at radius 2 is 2.36 bits per heavy atom. The standard InChI is InChI=1S/C5H7ClN4O/c6-4-2(1-3(7)8)11-5(9)10-4/h1H2,(H3,7,8)(H2,9,10). The Morgan fingerprint density at radius 3 is 2.73 bits per heavy atom. The Kier molecular flexibility index (Phi) is 2.00. The Morgan fingerprint density at radius 1 is 1.73 bits per heavy atom. The third kappa shape index (κ3) is 1.84. The number of amidine groups is 1. The fraction of sp³-hybridized carbons (Fsp3) is 0.200. The fourth-order valence-electron chi connectivity index (χ4n) is 0.632. The van der Waals surface area contributed by atoms with Crippen molar-refractivity contribution in [2.45, 2.75) is 6.42 Å². The first-order valence-electron chi connectivity index (χ1n) is 2.83. The summed E-state index contributed by atoms with van der Waals surface area (Å²) in [4.78, 5) is 3.59. The molecule has 11 heavy (non-hydrogen) atoms. The quantitative estimate of drug-likeness (QED) is 0.446. The first-order chi connectivity index (χ1) is 5.09. The van der Waals surface area contributed by atoms with Gasteiger partial charge in [-0.1, -0.05) is 11.6 Å². The van der Waals surface area contributed by atoms with Gasteiger partial charge in [0.05, 0.1) is 12.3 Å². The highest BCUT2D eigenvalue weighted by Crippen LogP contribution is 2.17. The molecule has 6 heteroatoms. The SMILES string of the molecule is N=C(N)Cc1oc(N)nc1Cl. The minimum absolute atomic E-state index is 0.00810. The molecule has 0 aliphatic carbocycles. The Labute approximate surface area is 67.8 Å². The highest BCUT2D eigenvalue weighted by atomic mass is 35.5. The molecule has 0 radical (unpaired) electrons. The van der Waals surface area contributed by atoms with Crippen LogP contribution in [-0.2, 0) is 6.42 Å². The molecule has 5 nitrogen and oxygen atoms in total. The van der Waals surface area contributed by atoms with Gasteiger partial charge < -0.3 is 15.9 Å². The number of oxazole rings is 1. The van der Waals surface area contributed by atoms with Crippen LogP contribution < -0.4 is 11.5 Å². The van der Waals surface area contributed by atoms with Gasteiger partial charge >= 0.3 is 0 Å². The van der Waals surface area contributed by atoms with E-state index in [-0.39, 0.29) is 23.4 Å². The minimum Gasteiger partial charge on any atom is -0.427 e. The lowest BCUT2D eigenvalue weighted by Gasteiger charge is -1.91. The number of halogens is 1. The Hall–Kier alpha value is -1.23. The van der Waals surface area contributed by atoms with Crippen LogP contribution in [0.25, 0.3) is 0 Å². The lowest BCUT2D eigenvalue weighted by molar-refractivity contribution is 0.539. The smallest absolute Gasteiger partial charge is 0.293 e. The van der Waals surface area contributed by atoms with E-state index in [9.17, 15) is 0 Å². The molecule has 0 fully saturated rings. The summed E-state index contributed by atoms with van der Waals surface area (Å²) in [7, 11) is 0. The molecule has 60 valence electrons. The maximum absolute atomic E-state index is 6.93. The second-order valence-corrected chi connectivity index (χ2v) is 2.33. The summed E-state index contributed by atoms with van der Waals surface area (Å²) < 4.78 is 4.84. The number of rotatable bonds is 2. The van der Waals surface area contributed by atoms with Crippen LogP contribution in [-0.4, -0.2) is 10.8 Å². The van der Waals surface area contributed by atoms with Crippen LogP contribution in [0.3, 0.4) is 0 Å². The summed E-state index contributed by atoms with van der Waals surface area (Å²) in [5.74, 6) is 0.291. The van der Waals surface area contributed by atoms with Crippen molar-refractivity contribution in [1.82, 2.24) is 4.98 Å². The van der Waals surface area contributed by atoms with Gasteiger partial charge in [-0.15, -0.1) is 0 Å². The van der Waals surface area contributed by atoms with E-state index in [1.54, 1.807) is 0 Å². The number of anilines is 1. The lowest BCUT2D eigenvalue weighted by Crippen LogP contribution is -2.12. The van der Waals surface area contributed by atoms with E-state index in [1.165, 1.54) is 0 Å². The van der Waals surface area contributed by atoms with Crippen LogP contribution in [0.2, 0.25) is 5.15 Å². The predicted octanol–water partition coefficient (Wildman–Crippen LogP) is 0.389. The second kappa shape index (κ2) is 2.79. The molecule has 1 heterocycles. The highest BCUT2D eigenvalue weighted by Gasteiger charge is 2.09. The van der Waals surface area contributed by atoms with Gasteiger partial charge in [0.15, 0.2) is 10.9 Å². The average molecular weight is 175 g/mol. The van der Waals surface area contributed by atoms with E-state index < -0.39 is 0 Å². The van der Waals surface area contributed by atoms with Crippen molar-refractivity contribution in [2.24, 2.45) is 5.73 Å². The van der Waals surface area contributed by atoms with E-state index in [0.29, 0.717) is 5.76 Å². The normalized spacial score (nSPS) is 9.91. The van der Waals surface area contributed by atoms with Gasteiger partial charge in [-0.2, -0.15) is 4.98 Å². The molecule has 0 bridgehead atoms. The summed E-state index contributed by atoms with van der Waals surface area (Å²) in [5, 5.41) is 7.09. The zero-order valence-corrected chi connectivity index (χ0v) is 6.35. The largest absolute Gasteiger partial charge is 0.427 e. The summed E-state index contributed by atoms with van der Waals surface area (Å²) in [5.41, 5.74) is 10.3. The molecule has 0 aromatic carbocycles. The van der Waals surface area contributed by atoms with E-state index in [2.05, 4.69) is 4.98 Å². The van der Waals surface area contributed by atoms with Crippen molar-refractivity contribution in [3.8, 4) is 0 Å². The monoisotopic (exact) mass is 174 g/mol. The Balaban J connectivity index is 2.85. The van der Waals surface area contributed by atoms with Crippen LogP contribution in [0, 0.1) is 5.41 Å². The molecule has 1 aromatic rings. The van der Waals surface area contributed by atoms with Crippen LogP contribution in [0.5, 0.6) is 0 Å². The van der Waals surface area contributed by atoms with Gasteiger partial charge in [0.1, 0.15) is 0 Å². The van der Waals surface area contributed by atoms with Gasteiger partial charge in [0, 0.05) is 0 Å². The molecular weight excluding hydrogens is 168 g/mol. The number of nitrogens with zero attached hydrogens (tertiary/aromatic N) is 1. The zero-order chi connectivity index (χ0) is 8.43. The van der Waals surface area contributed by atoms with Crippen molar-refractivity contribution < 1.29 is 4.42 Å². The van der Waals surface area contributed by atoms with E-state index >= 15 is 0 Å². The predicted molar refractivity (Wildman–Crippen MR) is 41.5 cm³/mol. The molecule has 0 atom stereocenters. The van der Waals surface area contributed by atoms with Crippen LogP contribution >= 0.6 is 11.6 Å². The molecule has 0 saturated heterocycles. The first kappa shape index (κ1) is 7.87. The molecule has 0 aliphatic rings. The molecule has 1 rings (SSSR count). The fourth-order valence-corrected chi connectivity index (χ4v) is 0.821. The maximum Gasteiger partial charge on any atom is 0.293 e. The number of nitrogens with one attached hydrogen (secondary N) is 1. The lowest BCUT2D eigenvalue weighted by atomic mass is 10.3. The molecule has 5 N–H and O–H groups in total. The van der Waals surface area contributed by atoms with Crippen molar-refractivity contribution in [3.63, 3.8) is 0 Å². The Bertz CT molecular complexity index is 282. The average Bonchev–Trinajstić information content (AvgIpc) is 2.09. The zero-order valence-electron chi connectivity index (χ0n) is 5.60. The molecule has 0 spiro atoms. The highest BCUT2D eigenvalue weighted by molar-refractivity contribution is 6.30. The summed E-state index contributed by atoms with van der Waals surface area (Å²) in [6.07, 6.45) is 0.142. The van der Waals surface area contributed by atoms with Crippen molar-refractivity contribution >= 4 is 23.5 Å².